The first kappa shape index (κ1) is 13.9. The van der Waals surface area contributed by atoms with Crippen molar-refractivity contribution >= 4 is 11.0 Å². The van der Waals surface area contributed by atoms with Crippen LogP contribution in [0.5, 0.6) is 0 Å². The van der Waals surface area contributed by atoms with Gasteiger partial charge in [0.1, 0.15) is 0 Å². The minimum Gasteiger partial charge on any atom is -0.315 e. The molecule has 0 amide bonds. The fourth-order valence-electron chi connectivity index (χ4n) is 1.86. The van der Waals surface area contributed by atoms with Crippen molar-refractivity contribution < 1.29 is 0 Å². The Kier molecular flexibility index (Phi) is 5.24. The minimum atomic E-state index is 0.700. The van der Waals surface area contributed by atoms with Gasteiger partial charge in [-0.05, 0) is 24.6 Å². The van der Waals surface area contributed by atoms with Gasteiger partial charge >= 0.3 is 0 Å². The van der Waals surface area contributed by atoms with Crippen LogP contribution in [0.4, 0.5) is 0 Å². The Hall–Kier alpha value is -1.52. The van der Waals surface area contributed by atoms with Crippen molar-refractivity contribution in [3.05, 3.63) is 36.2 Å². The number of fused-ring (bicyclic) bond motifs is 1. The molecule has 0 aliphatic heterocycles. The highest BCUT2D eigenvalue weighted by atomic mass is 15.0. The lowest BCUT2D eigenvalue weighted by Crippen LogP contribution is -2.29. The molecule has 0 saturated heterocycles. The van der Waals surface area contributed by atoms with Gasteiger partial charge in [0, 0.05) is 19.6 Å². The van der Waals surface area contributed by atoms with Crippen molar-refractivity contribution in [3.63, 3.8) is 0 Å². The molecule has 0 radical (unpaired) electrons. The SMILES string of the molecule is CC(C)CNCCNCc1cnc2ccccc2n1. The third-order valence-electron chi connectivity index (χ3n) is 2.84. The van der Waals surface area contributed by atoms with Gasteiger partial charge in [0.05, 0.1) is 22.9 Å². The van der Waals surface area contributed by atoms with Crippen LogP contribution in [-0.4, -0.2) is 29.6 Å². The number of para-hydroxylation sites is 2. The molecule has 4 heteroatoms. The van der Waals surface area contributed by atoms with Gasteiger partial charge in [-0.2, -0.15) is 0 Å². The molecule has 1 aromatic heterocycles. The number of aromatic nitrogens is 2. The number of hydrogen-bond donors (Lipinski definition) is 2. The molecule has 0 aliphatic rings. The van der Waals surface area contributed by atoms with Crippen LogP contribution in [0.15, 0.2) is 30.5 Å². The smallest absolute Gasteiger partial charge is 0.0890 e. The van der Waals surface area contributed by atoms with Crippen molar-refractivity contribution in [2.75, 3.05) is 19.6 Å². The van der Waals surface area contributed by atoms with Gasteiger partial charge < -0.3 is 10.6 Å². The Balaban J connectivity index is 1.75. The molecule has 0 spiro atoms. The summed E-state index contributed by atoms with van der Waals surface area (Å²) in [5, 5.41) is 6.78. The largest absolute Gasteiger partial charge is 0.315 e. The van der Waals surface area contributed by atoms with Gasteiger partial charge in [0.2, 0.25) is 0 Å². The Morgan fingerprint density at radius 3 is 2.58 bits per heavy atom. The lowest BCUT2D eigenvalue weighted by molar-refractivity contribution is 0.534. The highest BCUT2D eigenvalue weighted by molar-refractivity contribution is 5.73. The summed E-state index contributed by atoms with van der Waals surface area (Å²) < 4.78 is 0. The van der Waals surface area contributed by atoms with Gasteiger partial charge in [-0.25, -0.2) is 4.98 Å². The predicted molar refractivity (Wildman–Crippen MR) is 79.0 cm³/mol. The summed E-state index contributed by atoms with van der Waals surface area (Å²) in [6.45, 7) is 8.19. The van der Waals surface area contributed by atoms with Crippen LogP contribution in [-0.2, 0) is 6.54 Å². The fraction of sp³-hybridized carbons (Fsp3) is 0.467. The molecule has 0 atom stereocenters. The van der Waals surface area contributed by atoms with Gasteiger partial charge in [0.25, 0.3) is 0 Å². The molecule has 2 N–H and O–H groups in total. The zero-order valence-corrected chi connectivity index (χ0v) is 11.7. The Morgan fingerprint density at radius 2 is 1.79 bits per heavy atom. The van der Waals surface area contributed by atoms with Gasteiger partial charge in [0.15, 0.2) is 0 Å². The molecule has 1 aromatic carbocycles. The maximum Gasteiger partial charge on any atom is 0.0890 e. The molecule has 0 saturated carbocycles. The third kappa shape index (κ3) is 4.58. The maximum absolute atomic E-state index is 4.58. The maximum atomic E-state index is 4.58. The number of nitrogens with one attached hydrogen (secondary N) is 2. The van der Waals surface area contributed by atoms with Crippen LogP contribution in [0.3, 0.4) is 0 Å². The molecule has 4 nitrogen and oxygen atoms in total. The van der Waals surface area contributed by atoms with Crippen molar-refractivity contribution in [1.82, 2.24) is 20.6 Å². The summed E-state index contributed by atoms with van der Waals surface area (Å²) >= 11 is 0. The first-order chi connectivity index (χ1) is 9.25. The molecule has 2 aromatic rings. The van der Waals surface area contributed by atoms with Crippen molar-refractivity contribution in [2.45, 2.75) is 20.4 Å². The third-order valence-corrected chi connectivity index (χ3v) is 2.84. The summed E-state index contributed by atoms with van der Waals surface area (Å²) in [6, 6.07) is 7.95. The van der Waals surface area contributed by atoms with E-state index >= 15 is 0 Å². The molecule has 0 unspecified atom stereocenters. The molecule has 0 fully saturated rings. The first-order valence-electron chi connectivity index (χ1n) is 6.88. The summed E-state index contributed by atoms with van der Waals surface area (Å²) in [5.74, 6) is 0.700. The molecule has 0 aliphatic carbocycles. The van der Waals surface area contributed by atoms with Crippen LogP contribution < -0.4 is 10.6 Å². The van der Waals surface area contributed by atoms with Crippen molar-refractivity contribution in [3.8, 4) is 0 Å². The quantitative estimate of drug-likeness (QED) is 0.745. The average Bonchev–Trinajstić information content (AvgIpc) is 2.42. The minimum absolute atomic E-state index is 0.700. The Bertz CT molecular complexity index is 510. The van der Waals surface area contributed by atoms with E-state index in [2.05, 4.69) is 34.4 Å². The van der Waals surface area contributed by atoms with E-state index in [1.807, 2.05) is 30.5 Å². The number of nitrogens with zero attached hydrogens (tertiary/aromatic N) is 2. The first-order valence-corrected chi connectivity index (χ1v) is 6.88. The Morgan fingerprint density at radius 1 is 1.05 bits per heavy atom. The molecule has 0 bridgehead atoms. The second-order valence-corrected chi connectivity index (χ2v) is 5.12. The lowest BCUT2D eigenvalue weighted by atomic mass is 10.2. The molecule has 1 heterocycles. The Labute approximate surface area is 114 Å². The highest BCUT2D eigenvalue weighted by Gasteiger charge is 1.99. The lowest BCUT2D eigenvalue weighted by Gasteiger charge is -2.08. The topological polar surface area (TPSA) is 49.8 Å². The van der Waals surface area contributed by atoms with Crippen molar-refractivity contribution in [2.24, 2.45) is 5.92 Å². The predicted octanol–water partition coefficient (Wildman–Crippen LogP) is 1.96. The van der Waals surface area contributed by atoms with Gasteiger partial charge in [-0.1, -0.05) is 26.0 Å². The number of rotatable bonds is 7. The van der Waals surface area contributed by atoms with Crippen LogP contribution in [0, 0.1) is 5.92 Å². The average molecular weight is 258 g/mol. The number of benzene rings is 1. The molecule has 102 valence electrons. The second kappa shape index (κ2) is 7.16. The summed E-state index contributed by atoms with van der Waals surface area (Å²) in [5.41, 5.74) is 2.90. The van der Waals surface area contributed by atoms with Crippen LogP contribution in [0.25, 0.3) is 11.0 Å². The van der Waals surface area contributed by atoms with Crippen LogP contribution in [0.2, 0.25) is 0 Å². The van der Waals surface area contributed by atoms with Crippen LogP contribution in [0.1, 0.15) is 19.5 Å². The molecular formula is C15H22N4. The molecule has 2 rings (SSSR count). The molecular weight excluding hydrogens is 236 g/mol. The van der Waals surface area contributed by atoms with Gasteiger partial charge in [-0.15, -0.1) is 0 Å². The van der Waals surface area contributed by atoms with E-state index in [0.717, 1.165) is 42.9 Å². The van der Waals surface area contributed by atoms with E-state index in [1.165, 1.54) is 0 Å². The second-order valence-electron chi connectivity index (χ2n) is 5.12. The van der Waals surface area contributed by atoms with Crippen molar-refractivity contribution in [1.29, 1.82) is 0 Å². The normalized spacial score (nSPS) is 11.3. The zero-order valence-electron chi connectivity index (χ0n) is 11.7. The van der Waals surface area contributed by atoms with E-state index < -0.39 is 0 Å². The highest BCUT2D eigenvalue weighted by Crippen LogP contribution is 2.07. The molecule has 19 heavy (non-hydrogen) atoms. The zero-order chi connectivity index (χ0) is 13.5. The summed E-state index contributed by atoms with van der Waals surface area (Å²) in [4.78, 5) is 8.98. The van der Waals surface area contributed by atoms with E-state index in [0.29, 0.717) is 5.92 Å². The van der Waals surface area contributed by atoms with E-state index in [9.17, 15) is 0 Å². The number of hydrogen-bond acceptors (Lipinski definition) is 4. The summed E-state index contributed by atoms with van der Waals surface area (Å²) in [7, 11) is 0. The summed E-state index contributed by atoms with van der Waals surface area (Å²) in [6.07, 6.45) is 1.84. The van der Waals surface area contributed by atoms with E-state index in [4.69, 9.17) is 0 Å². The standard InChI is InChI=1S/C15H22N4/c1-12(2)9-16-7-8-17-10-13-11-18-14-5-3-4-6-15(14)19-13/h3-6,11-12,16-17H,7-10H2,1-2H3. The van der Waals surface area contributed by atoms with Crippen LogP contribution >= 0.6 is 0 Å². The van der Waals surface area contributed by atoms with E-state index in [1.54, 1.807) is 0 Å². The fourth-order valence-corrected chi connectivity index (χ4v) is 1.86. The monoisotopic (exact) mass is 258 g/mol. The van der Waals surface area contributed by atoms with Gasteiger partial charge in [-0.3, -0.25) is 4.98 Å². The van der Waals surface area contributed by atoms with E-state index in [-0.39, 0.29) is 0 Å².